The summed E-state index contributed by atoms with van der Waals surface area (Å²) in [6, 6.07) is 5.16. The molecule has 0 aromatic heterocycles. The van der Waals surface area contributed by atoms with Crippen LogP contribution in [0.3, 0.4) is 0 Å². The van der Waals surface area contributed by atoms with E-state index in [1.54, 1.807) is 25.1 Å². The summed E-state index contributed by atoms with van der Waals surface area (Å²) in [4.78, 5) is 0. The Bertz CT molecular complexity index is 508. The van der Waals surface area contributed by atoms with Gasteiger partial charge >= 0.3 is 0 Å². The lowest BCUT2D eigenvalue weighted by Crippen LogP contribution is -2.08. The molecule has 0 spiro atoms. The molecule has 1 atom stereocenters. The van der Waals surface area contributed by atoms with Gasteiger partial charge in [0.1, 0.15) is 9.84 Å². The predicted molar refractivity (Wildman–Crippen MR) is 73.5 cm³/mol. The number of methoxy groups -OCH3 is 1. The number of ether oxygens (including phenoxy) is 2. The van der Waals surface area contributed by atoms with Crippen LogP contribution in [0.1, 0.15) is 25.0 Å². The van der Waals surface area contributed by atoms with Crippen LogP contribution in [0, 0.1) is 0 Å². The second kappa shape index (κ2) is 6.77. The molecule has 0 unspecified atom stereocenters. The maximum Gasteiger partial charge on any atom is 0.161 e. The largest absolute Gasteiger partial charge is 0.493 e. The molecular formula is C13H20O5S. The zero-order valence-corrected chi connectivity index (χ0v) is 12.2. The summed E-state index contributed by atoms with van der Waals surface area (Å²) < 4.78 is 32.6. The van der Waals surface area contributed by atoms with Crippen LogP contribution >= 0.6 is 0 Å². The number of sulfone groups is 1. The molecular weight excluding hydrogens is 268 g/mol. The highest BCUT2D eigenvalue weighted by Gasteiger charge is 2.09. The Hall–Kier alpha value is -1.27. The number of hydrogen-bond acceptors (Lipinski definition) is 5. The third-order valence-electron chi connectivity index (χ3n) is 2.59. The monoisotopic (exact) mass is 288 g/mol. The average Bonchev–Trinajstić information content (AvgIpc) is 2.33. The summed E-state index contributed by atoms with van der Waals surface area (Å²) in [7, 11) is -1.44. The molecule has 0 heterocycles. The van der Waals surface area contributed by atoms with Gasteiger partial charge in [-0.25, -0.2) is 8.42 Å². The van der Waals surface area contributed by atoms with E-state index >= 15 is 0 Å². The van der Waals surface area contributed by atoms with Crippen LogP contribution in [-0.2, 0) is 9.84 Å². The normalized spacial score (nSPS) is 13.1. The lowest BCUT2D eigenvalue weighted by molar-refractivity contribution is 0.198. The first kappa shape index (κ1) is 15.8. The second-order valence-corrected chi connectivity index (χ2v) is 6.68. The Morgan fingerprint density at radius 2 is 2.00 bits per heavy atom. The maximum absolute atomic E-state index is 11.0. The minimum atomic E-state index is -2.96. The van der Waals surface area contributed by atoms with Crippen LogP contribution in [-0.4, -0.2) is 39.2 Å². The van der Waals surface area contributed by atoms with E-state index in [0.29, 0.717) is 24.5 Å². The smallest absolute Gasteiger partial charge is 0.161 e. The summed E-state index contributed by atoms with van der Waals surface area (Å²) in [5, 5.41) is 9.48. The van der Waals surface area contributed by atoms with E-state index in [4.69, 9.17) is 9.47 Å². The molecule has 0 saturated heterocycles. The van der Waals surface area contributed by atoms with Crippen LogP contribution in [0.25, 0.3) is 0 Å². The van der Waals surface area contributed by atoms with Crippen molar-refractivity contribution >= 4 is 9.84 Å². The molecule has 0 bridgehead atoms. The molecule has 1 aromatic rings. The fraction of sp³-hybridized carbons (Fsp3) is 0.538. The molecule has 1 N–H and O–H groups in total. The van der Waals surface area contributed by atoms with E-state index in [1.807, 2.05) is 0 Å². The van der Waals surface area contributed by atoms with Crippen LogP contribution in [0.2, 0.25) is 0 Å². The van der Waals surface area contributed by atoms with Crippen molar-refractivity contribution in [3.8, 4) is 11.5 Å². The van der Waals surface area contributed by atoms with E-state index in [2.05, 4.69) is 0 Å². The van der Waals surface area contributed by atoms with Gasteiger partial charge < -0.3 is 14.6 Å². The SMILES string of the molecule is COc1cc([C@H](C)O)ccc1OCCCS(C)(=O)=O. The molecule has 5 nitrogen and oxygen atoms in total. The van der Waals surface area contributed by atoms with Crippen LogP contribution in [0.4, 0.5) is 0 Å². The Kier molecular flexibility index (Phi) is 5.62. The van der Waals surface area contributed by atoms with Crippen molar-refractivity contribution in [1.29, 1.82) is 0 Å². The van der Waals surface area contributed by atoms with Crippen molar-refractivity contribution in [2.45, 2.75) is 19.4 Å². The summed E-state index contributed by atoms with van der Waals surface area (Å²) in [6.07, 6.45) is 1.05. The zero-order valence-electron chi connectivity index (χ0n) is 11.4. The summed E-state index contributed by atoms with van der Waals surface area (Å²) in [6.45, 7) is 1.97. The molecule has 19 heavy (non-hydrogen) atoms. The number of aliphatic hydroxyl groups excluding tert-OH is 1. The summed E-state index contributed by atoms with van der Waals surface area (Å²) >= 11 is 0. The van der Waals surface area contributed by atoms with Gasteiger partial charge in [-0.05, 0) is 31.0 Å². The quantitative estimate of drug-likeness (QED) is 0.771. The van der Waals surface area contributed by atoms with Gasteiger partial charge in [-0.3, -0.25) is 0 Å². The number of aliphatic hydroxyl groups is 1. The minimum absolute atomic E-state index is 0.0983. The first-order valence-electron chi connectivity index (χ1n) is 6.00. The van der Waals surface area contributed by atoms with Crippen molar-refractivity contribution in [1.82, 2.24) is 0 Å². The van der Waals surface area contributed by atoms with Gasteiger partial charge in [-0.1, -0.05) is 6.07 Å². The Morgan fingerprint density at radius 3 is 2.53 bits per heavy atom. The molecule has 6 heteroatoms. The predicted octanol–water partition coefficient (Wildman–Crippen LogP) is 1.56. The highest BCUT2D eigenvalue weighted by atomic mass is 32.2. The molecule has 0 aliphatic rings. The molecule has 1 rings (SSSR count). The summed E-state index contributed by atoms with van der Waals surface area (Å²) in [5.41, 5.74) is 0.736. The summed E-state index contributed by atoms with van der Waals surface area (Å²) in [5.74, 6) is 1.17. The van der Waals surface area contributed by atoms with Crippen molar-refractivity contribution in [3.63, 3.8) is 0 Å². The number of rotatable bonds is 7. The lowest BCUT2D eigenvalue weighted by atomic mass is 10.1. The van der Waals surface area contributed by atoms with E-state index < -0.39 is 15.9 Å². The van der Waals surface area contributed by atoms with Crippen molar-refractivity contribution in [2.24, 2.45) is 0 Å². The first-order chi connectivity index (χ1) is 8.83. The van der Waals surface area contributed by atoms with Crippen LogP contribution < -0.4 is 9.47 Å². The third kappa shape index (κ3) is 5.48. The topological polar surface area (TPSA) is 72.8 Å². The maximum atomic E-state index is 11.0. The standard InChI is InChI=1S/C13H20O5S/c1-10(14)11-5-6-12(13(9-11)17-2)18-7-4-8-19(3,15)16/h5-6,9-10,14H,4,7-8H2,1-3H3/t10-/m0/s1. The van der Waals surface area contributed by atoms with E-state index in [-0.39, 0.29) is 5.75 Å². The van der Waals surface area contributed by atoms with Crippen LogP contribution in [0.5, 0.6) is 11.5 Å². The molecule has 108 valence electrons. The molecule has 0 fully saturated rings. The number of benzene rings is 1. The van der Waals surface area contributed by atoms with Gasteiger partial charge in [-0.15, -0.1) is 0 Å². The van der Waals surface area contributed by atoms with Gasteiger partial charge in [0, 0.05) is 6.26 Å². The van der Waals surface area contributed by atoms with E-state index in [0.717, 1.165) is 5.56 Å². The van der Waals surface area contributed by atoms with Gasteiger partial charge in [0.25, 0.3) is 0 Å². The van der Waals surface area contributed by atoms with Gasteiger partial charge in [0.2, 0.25) is 0 Å². The first-order valence-corrected chi connectivity index (χ1v) is 8.06. The van der Waals surface area contributed by atoms with Crippen molar-refractivity contribution < 1.29 is 23.0 Å². The van der Waals surface area contributed by atoms with Crippen molar-refractivity contribution in [3.05, 3.63) is 23.8 Å². The van der Waals surface area contributed by atoms with Gasteiger partial charge in [0.15, 0.2) is 11.5 Å². The van der Waals surface area contributed by atoms with Gasteiger partial charge in [0.05, 0.1) is 25.6 Å². The van der Waals surface area contributed by atoms with E-state index in [1.165, 1.54) is 13.4 Å². The third-order valence-corrected chi connectivity index (χ3v) is 3.62. The Labute approximate surface area is 114 Å². The molecule has 0 aliphatic carbocycles. The van der Waals surface area contributed by atoms with Crippen molar-refractivity contribution in [2.75, 3.05) is 25.7 Å². The second-order valence-electron chi connectivity index (χ2n) is 4.42. The average molecular weight is 288 g/mol. The molecule has 1 aromatic carbocycles. The minimum Gasteiger partial charge on any atom is -0.493 e. The van der Waals surface area contributed by atoms with Crippen LogP contribution in [0.15, 0.2) is 18.2 Å². The molecule has 0 saturated carbocycles. The zero-order chi connectivity index (χ0) is 14.5. The highest BCUT2D eigenvalue weighted by Crippen LogP contribution is 2.30. The Morgan fingerprint density at radius 1 is 1.32 bits per heavy atom. The lowest BCUT2D eigenvalue weighted by Gasteiger charge is -2.13. The van der Waals surface area contributed by atoms with Gasteiger partial charge in [-0.2, -0.15) is 0 Å². The fourth-order valence-electron chi connectivity index (χ4n) is 1.57. The molecule has 0 aliphatic heterocycles. The molecule has 0 radical (unpaired) electrons. The number of hydrogen-bond donors (Lipinski definition) is 1. The van der Waals surface area contributed by atoms with E-state index in [9.17, 15) is 13.5 Å². The fourth-order valence-corrected chi connectivity index (χ4v) is 2.21. The Balaban J connectivity index is 2.63. The highest BCUT2D eigenvalue weighted by molar-refractivity contribution is 7.90. The molecule has 0 amide bonds.